The molecule has 0 aromatic heterocycles. The molecular formula is C15H22ClNO. The molecule has 0 aliphatic heterocycles. The molecule has 18 heavy (non-hydrogen) atoms. The van der Waals surface area contributed by atoms with Crippen molar-refractivity contribution in [3.63, 3.8) is 0 Å². The van der Waals surface area contributed by atoms with E-state index in [1.165, 1.54) is 19.3 Å². The maximum atomic E-state index is 6.24. The van der Waals surface area contributed by atoms with Crippen LogP contribution in [0, 0.1) is 5.92 Å². The Hall–Kier alpha value is -0.730. The minimum absolute atomic E-state index is 0.784. The van der Waals surface area contributed by atoms with Gasteiger partial charge in [-0.05, 0) is 37.4 Å². The van der Waals surface area contributed by atoms with Crippen molar-refractivity contribution in [2.75, 3.05) is 13.2 Å². The van der Waals surface area contributed by atoms with Crippen LogP contribution in [0.1, 0.15) is 38.2 Å². The molecule has 0 spiro atoms. The molecule has 0 atom stereocenters. The summed E-state index contributed by atoms with van der Waals surface area (Å²) in [5, 5.41) is 4.17. The molecule has 2 rings (SSSR count). The highest BCUT2D eigenvalue weighted by Gasteiger charge is 2.21. The fourth-order valence-electron chi connectivity index (χ4n) is 1.98. The summed E-state index contributed by atoms with van der Waals surface area (Å²) in [6.07, 6.45) is 5.06. The van der Waals surface area contributed by atoms with Gasteiger partial charge >= 0.3 is 0 Å². The van der Waals surface area contributed by atoms with Crippen molar-refractivity contribution >= 4 is 11.6 Å². The molecule has 1 saturated carbocycles. The summed E-state index contributed by atoms with van der Waals surface area (Å²) in [4.78, 5) is 0. The van der Waals surface area contributed by atoms with Crippen LogP contribution in [0.25, 0.3) is 0 Å². The zero-order valence-corrected chi connectivity index (χ0v) is 11.8. The van der Waals surface area contributed by atoms with E-state index in [1.54, 1.807) is 0 Å². The molecule has 0 unspecified atom stereocenters. The first kappa shape index (κ1) is 13.7. The Labute approximate surface area is 115 Å². The van der Waals surface area contributed by atoms with Crippen molar-refractivity contribution in [3.05, 3.63) is 28.8 Å². The average Bonchev–Trinajstić information content (AvgIpc) is 3.17. The fourth-order valence-corrected chi connectivity index (χ4v) is 2.21. The summed E-state index contributed by atoms with van der Waals surface area (Å²) >= 11 is 6.24. The number of benzene rings is 1. The van der Waals surface area contributed by atoms with Crippen molar-refractivity contribution in [2.45, 2.75) is 39.2 Å². The standard InChI is InChI=1S/C15H22ClNO/c1-2-9-17-11-13-14(16)4-3-5-15(13)18-10-8-12-6-7-12/h3-5,12,17H,2,6-11H2,1H3. The molecule has 0 heterocycles. The van der Waals surface area contributed by atoms with E-state index >= 15 is 0 Å². The Balaban J connectivity index is 1.90. The van der Waals surface area contributed by atoms with Crippen LogP contribution >= 0.6 is 11.6 Å². The van der Waals surface area contributed by atoms with E-state index in [0.29, 0.717) is 0 Å². The van der Waals surface area contributed by atoms with Gasteiger partial charge in [0.2, 0.25) is 0 Å². The number of ether oxygens (including phenoxy) is 1. The minimum Gasteiger partial charge on any atom is -0.493 e. The summed E-state index contributed by atoms with van der Waals surface area (Å²) in [5.74, 6) is 1.85. The first-order valence-corrected chi connectivity index (χ1v) is 7.30. The molecule has 1 N–H and O–H groups in total. The van der Waals surface area contributed by atoms with Crippen LogP contribution in [0.5, 0.6) is 5.75 Å². The van der Waals surface area contributed by atoms with Crippen molar-refractivity contribution in [3.8, 4) is 5.75 Å². The van der Waals surface area contributed by atoms with E-state index in [-0.39, 0.29) is 0 Å². The molecule has 2 nitrogen and oxygen atoms in total. The Morgan fingerprint density at radius 3 is 2.94 bits per heavy atom. The van der Waals surface area contributed by atoms with E-state index in [0.717, 1.165) is 48.4 Å². The molecule has 1 aromatic rings. The Morgan fingerprint density at radius 2 is 2.22 bits per heavy atom. The topological polar surface area (TPSA) is 21.3 Å². The summed E-state index contributed by atoms with van der Waals surface area (Å²) < 4.78 is 5.88. The molecule has 1 aliphatic carbocycles. The highest BCUT2D eigenvalue weighted by atomic mass is 35.5. The average molecular weight is 268 g/mol. The van der Waals surface area contributed by atoms with Crippen LogP contribution in [-0.4, -0.2) is 13.2 Å². The van der Waals surface area contributed by atoms with Crippen LogP contribution in [0.3, 0.4) is 0 Å². The molecular weight excluding hydrogens is 246 g/mol. The van der Waals surface area contributed by atoms with Gasteiger partial charge in [-0.1, -0.05) is 37.4 Å². The summed E-state index contributed by atoms with van der Waals surface area (Å²) in [6, 6.07) is 5.90. The van der Waals surface area contributed by atoms with Gasteiger partial charge in [0.25, 0.3) is 0 Å². The van der Waals surface area contributed by atoms with Crippen LogP contribution in [0.2, 0.25) is 5.02 Å². The second kappa shape index (κ2) is 7.01. The number of nitrogens with one attached hydrogen (secondary N) is 1. The highest BCUT2D eigenvalue weighted by molar-refractivity contribution is 6.31. The van der Waals surface area contributed by atoms with Gasteiger partial charge in [-0.3, -0.25) is 0 Å². The van der Waals surface area contributed by atoms with Gasteiger partial charge in [-0.15, -0.1) is 0 Å². The van der Waals surface area contributed by atoms with Crippen LogP contribution in [0.4, 0.5) is 0 Å². The molecule has 100 valence electrons. The second-order valence-corrected chi connectivity index (χ2v) is 5.38. The fraction of sp³-hybridized carbons (Fsp3) is 0.600. The van der Waals surface area contributed by atoms with Crippen LogP contribution in [-0.2, 0) is 6.54 Å². The number of halogens is 1. The van der Waals surface area contributed by atoms with Gasteiger partial charge < -0.3 is 10.1 Å². The molecule has 0 amide bonds. The van der Waals surface area contributed by atoms with E-state index in [9.17, 15) is 0 Å². The SMILES string of the molecule is CCCNCc1c(Cl)cccc1OCCC1CC1. The number of hydrogen-bond donors (Lipinski definition) is 1. The van der Waals surface area contributed by atoms with Crippen molar-refractivity contribution < 1.29 is 4.74 Å². The predicted octanol–water partition coefficient (Wildman–Crippen LogP) is 4.02. The molecule has 1 fully saturated rings. The summed E-state index contributed by atoms with van der Waals surface area (Å²) in [6.45, 7) is 4.76. The largest absolute Gasteiger partial charge is 0.493 e. The van der Waals surface area contributed by atoms with Gasteiger partial charge in [-0.25, -0.2) is 0 Å². The van der Waals surface area contributed by atoms with E-state index in [1.807, 2.05) is 18.2 Å². The number of hydrogen-bond acceptors (Lipinski definition) is 2. The maximum Gasteiger partial charge on any atom is 0.125 e. The first-order chi connectivity index (χ1) is 8.81. The molecule has 0 bridgehead atoms. The molecule has 0 saturated heterocycles. The lowest BCUT2D eigenvalue weighted by atomic mass is 10.2. The Bertz CT molecular complexity index is 377. The van der Waals surface area contributed by atoms with Gasteiger partial charge in [0.15, 0.2) is 0 Å². The third kappa shape index (κ3) is 4.18. The molecule has 3 heteroatoms. The first-order valence-electron chi connectivity index (χ1n) is 6.92. The zero-order chi connectivity index (χ0) is 12.8. The van der Waals surface area contributed by atoms with E-state index < -0.39 is 0 Å². The van der Waals surface area contributed by atoms with E-state index in [4.69, 9.17) is 16.3 Å². The molecule has 0 radical (unpaired) electrons. The van der Waals surface area contributed by atoms with Gasteiger partial charge in [-0.2, -0.15) is 0 Å². The van der Waals surface area contributed by atoms with Crippen molar-refractivity contribution in [2.24, 2.45) is 5.92 Å². The van der Waals surface area contributed by atoms with E-state index in [2.05, 4.69) is 12.2 Å². The van der Waals surface area contributed by atoms with Crippen molar-refractivity contribution in [1.82, 2.24) is 5.32 Å². The minimum atomic E-state index is 0.784. The normalized spacial score (nSPS) is 14.8. The predicted molar refractivity (Wildman–Crippen MR) is 76.3 cm³/mol. The summed E-state index contributed by atoms with van der Waals surface area (Å²) in [7, 11) is 0. The van der Waals surface area contributed by atoms with Gasteiger partial charge in [0, 0.05) is 17.1 Å². The van der Waals surface area contributed by atoms with Crippen molar-refractivity contribution in [1.29, 1.82) is 0 Å². The molecule has 1 aromatic carbocycles. The maximum absolute atomic E-state index is 6.24. The number of rotatable bonds is 8. The van der Waals surface area contributed by atoms with Gasteiger partial charge in [0.05, 0.1) is 6.61 Å². The quantitative estimate of drug-likeness (QED) is 0.719. The third-order valence-corrected chi connectivity index (χ3v) is 3.64. The van der Waals surface area contributed by atoms with Crippen LogP contribution in [0.15, 0.2) is 18.2 Å². The lowest BCUT2D eigenvalue weighted by Gasteiger charge is -2.13. The van der Waals surface area contributed by atoms with Crippen LogP contribution < -0.4 is 10.1 Å². The third-order valence-electron chi connectivity index (χ3n) is 3.29. The lowest BCUT2D eigenvalue weighted by Crippen LogP contribution is -2.15. The van der Waals surface area contributed by atoms with Gasteiger partial charge in [0.1, 0.15) is 5.75 Å². The Morgan fingerprint density at radius 1 is 1.39 bits per heavy atom. The lowest BCUT2D eigenvalue weighted by molar-refractivity contribution is 0.299. The smallest absolute Gasteiger partial charge is 0.125 e. The monoisotopic (exact) mass is 267 g/mol. The zero-order valence-electron chi connectivity index (χ0n) is 11.0. The Kier molecular flexibility index (Phi) is 5.33. The summed E-state index contributed by atoms with van der Waals surface area (Å²) in [5.41, 5.74) is 1.09. The highest BCUT2D eigenvalue weighted by Crippen LogP contribution is 2.33. The molecule has 1 aliphatic rings. The second-order valence-electron chi connectivity index (χ2n) is 4.97.